The number of sulfone groups is 1. The monoisotopic (exact) mass is 588 g/mol. The average Bonchev–Trinajstić information content (AvgIpc) is 3.40. The number of likely N-dealkylation sites (N-methyl/N-ethyl adjacent to an activating group) is 1. The Labute approximate surface area is 236 Å². The van der Waals surface area contributed by atoms with E-state index in [1.807, 2.05) is 13.8 Å². The van der Waals surface area contributed by atoms with Crippen molar-refractivity contribution in [3.8, 4) is 0 Å². The molecule has 0 bridgehead atoms. The van der Waals surface area contributed by atoms with E-state index in [2.05, 4.69) is 20.5 Å². The van der Waals surface area contributed by atoms with E-state index in [9.17, 15) is 31.2 Å². The molecule has 3 aromatic rings. The van der Waals surface area contributed by atoms with Crippen LogP contribution in [-0.2, 0) is 20.4 Å². The van der Waals surface area contributed by atoms with Crippen molar-refractivity contribution in [3.05, 3.63) is 81.4 Å². The summed E-state index contributed by atoms with van der Waals surface area (Å²) < 4.78 is 68.1. The molecule has 0 atom stereocenters. The smallest absolute Gasteiger partial charge is 0.256 e. The van der Waals surface area contributed by atoms with Crippen LogP contribution in [-0.4, -0.2) is 56.3 Å². The summed E-state index contributed by atoms with van der Waals surface area (Å²) in [5.41, 5.74) is 1.99. The Morgan fingerprint density at radius 1 is 1.05 bits per heavy atom. The van der Waals surface area contributed by atoms with Gasteiger partial charge in [-0.05, 0) is 68.9 Å². The molecule has 218 valence electrons. The lowest BCUT2D eigenvalue weighted by molar-refractivity contribution is -0.110. The number of rotatable bonds is 10. The van der Waals surface area contributed by atoms with Crippen LogP contribution in [0.1, 0.15) is 52.3 Å². The van der Waals surface area contributed by atoms with Crippen molar-refractivity contribution in [1.29, 1.82) is 0 Å². The first kappa shape index (κ1) is 30.1. The Kier molecular flexibility index (Phi) is 8.74. The van der Waals surface area contributed by atoms with Crippen molar-refractivity contribution in [2.24, 2.45) is 0 Å². The van der Waals surface area contributed by atoms with E-state index in [0.717, 1.165) is 13.1 Å². The fraction of sp³-hybridized carbons (Fsp3) is 0.310. The van der Waals surface area contributed by atoms with Crippen LogP contribution in [0.15, 0.2) is 35.2 Å². The fourth-order valence-electron chi connectivity index (χ4n) is 4.84. The summed E-state index contributed by atoms with van der Waals surface area (Å²) >= 11 is 0. The minimum Gasteiger partial charge on any atom is -0.358 e. The summed E-state index contributed by atoms with van der Waals surface area (Å²) in [6, 6.07) is 5.05. The summed E-state index contributed by atoms with van der Waals surface area (Å²) in [4.78, 5) is 30.8. The van der Waals surface area contributed by atoms with E-state index < -0.39 is 44.5 Å². The third-order valence-electron chi connectivity index (χ3n) is 7.21. The SMILES string of the molecule is CCN(CC)CCNC(=O)c1c(C)[nH]c(/C=C2\C(=O)Nc3ccc(S(=O)(=O)Cc4c(F)ccc(F)c4F)cc32)c1C. The number of H-pyrrole nitrogens is 1. The van der Waals surface area contributed by atoms with Crippen molar-refractivity contribution in [2.45, 2.75) is 38.3 Å². The fourth-order valence-corrected chi connectivity index (χ4v) is 6.22. The number of anilines is 1. The zero-order valence-corrected chi connectivity index (χ0v) is 23.9. The van der Waals surface area contributed by atoms with E-state index in [4.69, 9.17) is 0 Å². The number of nitrogens with zero attached hydrogens (tertiary/aromatic N) is 1. The van der Waals surface area contributed by atoms with Crippen LogP contribution in [0.2, 0.25) is 0 Å². The highest BCUT2D eigenvalue weighted by atomic mass is 32.2. The second-order valence-electron chi connectivity index (χ2n) is 9.75. The summed E-state index contributed by atoms with van der Waals surface area (Å²) in [6.45, 7) is 10.5. The van der Waals surface area contributed by atoms with Crippen molar-refractivity contribution in [2.75, 3.05) is 31.5 Å². The molecule has 0 radical (unpaired) electrons. The molecule has 2 heterocycles. The number of nitrogens with one attached hydrogen (secondary N) is 3. The van der Waals surface area contributed by atoms with Crippen LogP contribution < -0.4 is 10.6 Å². The van der Waals surface area contributed by atoms with Gasteiger partial charge in [0.1, 0.15) is 5.82 Å². The first-order valence-electron chi connectivity index (χ1n) is 13.1. The highest BCUT2D eigenvalue weighted by Gasteiger charge is 2.29. The number of amides is 2. The minimum atomic E-state index is -4.33. The topological polar surface area (TPSA) is 111 Å². The summed E-state index contributed by atoms with van der Waals surface area (Å²) in [5.74, 6) is -5.97. The normalized spacial score (nSPS) is 14.0. The number of halogens is 3. The standard InChI is InChI=1S/C29H31F3N4O4S/c1-5-36(6-2)12-11-33-29(38)26-16(3)25(34-17(26)4)14-20-19-13-18(7-10-24(19)35-28(20)37)41(39,40)15-21-22(30)8-9-23(31)27(21)32/h7-10,13-14,34H,5-6,11-12,15H2,1-4H3,(H,33,38)(H,35,37)/b20-14-. The molecular formula is C29H31F3N4O4S. The Balaban J connectivity index is 1.64. The molecule has 41 heavy (non-hydrogen) atoms. The molecule has 2 amide bonds. The summed E-state index contributed by atoms with van der Waals surface area (Å²) in [5, 5.41) is 5.59. The molecule has 8 nitrogen and oxygen atoms in total. The van der Waals surface area contributed by atoms with E-state index >= 15 is 0 Å². The maximum atomic E-state index is 14.2. The molecule has 12 heteroatoms. The van der Waals surface area contributed by atoms with Crippen molar-refractivity contribution in [3.63, 3.8) is 0 Å². The zero-order chi connectivity index (χ0) is 30.1. The van der Waals surface area contributed by atoms with Crippen LogP contribution in [0.25, 0.3) is 11.6 Å². The third kappa shape index (κ3) is 6.08. The molecule has 0 unspecified atom stereocenters. The number of hydrogen-bond donors (Lipinski definition) is 3. The maximum absolute atomic E-state index is 14.2. The van der Waals surface area contributed by atoms with Gasteiger partial charge in [-0.3, -0.25) is 9.59 Å². The van der Waals surface area contributed by atoms with Crippen LogP contribution in [0.3, 0.4) is 0 Å². The maximum Gasteiger partial charge on any atom is 0.256 e. The molecule has 0 aliphatic carbocycles. The van der Waals surface area contributed by atoms with Gasteiger partial charge in [-0.15, -0.1) is 0 Å². The van der Waals surface area contributed by atoms with Gasteiger partial charge in [0.15, 0.2) is 21.5 Å². The lowest BCUT2D eigenvalue weighted by atomic mass is 10.0. The number of aromatic amines is 1. The number of fused-ring (bicyclic) bond motifs is 1. The van der Waals surface area contributed by atoms with Crippen LogP contribution in [0, 0.1) is 31.3 Å². The zero-order valence-electron chi connectivity index (χ0n) is 23.1. The van der Waals surface area contributed by atoms with Crippen LogP contribution in [0.5, 0.6) is 0 Å². The average molecular weight is 589 g/mol. The number of hydrogen-bond acceptors (Lipinski definition) is 5. The molecule has 3 N–H and O–H groups in total. The quantitative estimate of drug-likeness (QED) is 0.237. The lowest BCUT2D eigenvalue weighted by Crippen LogP contribution is -2.35. The molecule has 2 aromatic carbocycles. The van der Waals surface area contributed by atoms with E-state index in [1.54, 1.807) is 13.8 Å². The van der Waals surface area contributed by atoms with Gasteiger partial charge in [-0.25, -0.2) is 21.6 Å². The second-order valence-corrected chi connectivity index (χ2v) is 11.7. The minimum absolute atomic E-state index is 0.137. The molecule has 0 fully saturated rings. The van der Waals surface area contributed by atoms with Crippen molar-refractivity contribution < 1.29 is 31.2 Å². The second kappa shape index (κ2) is 11.9. The van der Waals surface area contributed by atoms with Crippen molar-refractivity contribution in [1.82, 2.24) is 15.2 Å². The molecule has 0 saturated carbocycles. The van der Waals surface area contributed by atoms with Gasteiger partial charge in [0, 0.05) is 41.3 Å². The number of carbonyl (C=O) groups excluding carboxylic acids is 2. The largest absolute Gasteiger partial charge is 0.358 e. The molecule has 4 rings (SSSR count). The number of carbonyl (C=O) groups is 2. The van der Waals surface area contributed by atoms with E-state index in [-0.39, 0.29) is 21.9 Å². The Morgan fingerprint density at radius 2 is 1.73 bits per heavy atom. The first-order valence-corrected chi connectivity index (χ1v) is 14.7. The summed E-state index contributed by atoms with van der Waals surface area (Å²) in [7, 11) is -4.33. The molecule has 1 aromatic heterocycles. The van der Waals surface area contributed by atoms with Crippen LogP contribution >= 0.6 is 0 Å². The molecule has 1 aliphatic heterocycles. The molecule has 0 spiro atoms. The first-order chi connectivity index (χ1) is 19.4. The van der Waals surface area contributed by atoms with Gasteiger partial charge in [0.25, 0.3) is 11.8 Å². The van der Waals surface area contributed by atoms with Crippen LogP contribution in [0.4, 0.5) is 18.9 Å². The van der Waals surface area contributed by atoms with Gasteiger partial charge in [0.05, 0.1) is 21.8 Å². The van der Waals surface area contributed by atoms with E-state index in [1.165, 1.54) is 24.3 Å². The van der Waals surface area contributed by atoms with Gasteiger partial charge < -0.3 is 20.5 Å². The summed E-state index contributed by atoms with van der Waals surface area (Å²) in [6.07, 6.45) is 1.53. The van der Waals surface area contributed by atoms with Gasteiger partial charge in [0.2, 0.25) is 0 Å². The number of aromatic nitrogens is 1. The third-order valence-corrected chi connectivity index (χ3v) is 8.85. The van der Waals surface area contributed by atoms with Gasteiger partial charge in [-0.1, -0.05) is 13.8 Å². The Morgan fingerprint density at radius 3 is 2.41 bits per heavy atom. The molecular weight excluding hydrogens is 557 g/mol. The highest BCUT2D eigenvalue weighted by molar-refractivity contribution is 7.90. The predicted molar refractivity (Wildman–Crippen MR) is 151 cm³/mol. The van der Waals surface area contributed by atoms with Crippen molar-refractivity contribution >= 4 is 39.0 Å². The van der Waals surface area contributed by atoms with E-state index in [0.29, 0.717) is 53.4 Å². The molecule has 1 aliphatic rings. The van der Waals surface area contributed by atoms with Gasteiger partial charge in [-0.2, -0.15) is 0 Å². The van der Waals surface area contributed by atoms with Gasteiger partial charge >= 0.3 is 0 Å². The predicted octanol–water partition coefficient (Wildman–Crippen LogP) is 4.59. The lowest BCUT2D eigenvalue weighted by Gasteiger charge is -2.18. The number of aryl methyl sites for hydroxylation is 1. The highest BCUT2D eigenvalue weighted by Crippen LogP contribution is 2.36. The number of benzene rings is 2. The Hall–Kier alpha value is -3.90. The Bertz CT molecular complexity index is 1660. The molecule has 0 saturated heterocycles.